The van der Waals surface area contributed by atoms with Crippen LogP contribution in [0.15, 0.2) is 24.4 Å². The van der Waals surface area contributed by atoms with Crippen LogP contribution in [0.25, 0.3) is 10.9 Å². The first-order chi connectivity index (χ1) is 11.8. The largest absolute Gasteiger partial charge is 0.508 e. The van der Waals surface area contributed by atoms with Gasteiger partial charge >= 0.3 is 5.97 Å². The van der Waals surface area contributed by atoms with E-state index in [1.54, 1.807) is 6.07 Å². The summed E-state index contributed by atoms with van der Waals surface area (Å²) in [4.78, 5) is 36.5. The zero-order valence-electron chi connectivity index (χ0n) is 13.5. The molecule has 1 aliphatic rings. The van der Waals surface area contributed by atoms with E-state index in [1.807, 2.05) is 0 Å². The van der Waals surface area contributed by atoms with Crippen molar-refractivity contribution in [3.8, 4) is 5.75 Å². The van der Waals surface area contributed by atoms with Crippen molar-refractivity contribution < 1.29 is 29.0 Å². The van der Waals surface area contributed by atoms with Crippen LogP contribution in [-0.2, 0) is 16.1 Å². The molecule has 0 unspecified atom stereocenters. The summed E-state index contributed by atoms with van der Waals surface area (Å²) in [5.74, 6) is -2.01. The van der Waals surface area contributed by atoms with Crippen molar-refractivity contribution in [1.29, 1.82) is 0 Å². The average Bonchev–Trinajstić information content (AvgIpc) is 3.08. The number of halogens is 1. The van der Waals surface area contributed by atoms with Gasteiger partial charge in [0, 0.05) is 29.1 Å². The molecule has 3 rings (SSSR count). The predicted octanol–water partition coefficient (Wildman–Crippen LogP) is 1.57. The maximum Gasteiger partial charge on any atom is 0.326 e. The van der Waals surface area contributed by atoms with Crippen LogP contribution in [-0.4, -0.2) is 56.1 Å². The number of phenolic OH excluding ortho intramolecular Hbond substituents is 1. The van der Waals surface area contributed by atoms with Gasteiger partial charge in [-0.2, -0.15) is 0 Å². The standard InChI is InChI=1S/C17H17FN2O5/c1-9(21)13-7-19(14-3-2-11(22)5-12(13)14)8-16(23)20-6-10(18)4-15(20)17(24)25/h2-3,5,7,10,15,22H,4,6,8H2,1H3,(H,24,25)/t10-,15+/m1/s1. The number of ketones is 1. The maximum atomic E-state index is 13.6. The molecule has 1 saturated heterocycles. The molecule has 0 spiro atoms. The van der Waals surface area contributed by atoms with Crippen molar-refractivity contribution in [2.24, 2.45) is 0 Å². The first-order valence-corrected chi connectivity index (χ1v) is 7.77. The molecule has 25 heavy (non-hydrogen) atoms. The fourth-order valence-corrected chi connectivity index (χ4v) is 3.23. The highest BCUT2D eigenvalue weighted by Gasteiger charge is 2.39. The van der Waals surface area contributed by atoms with E-state index in [4.69, 9.17) is 5.11 Å². The number of hydrogen-bond donors (Lipinski definition) is 2. The second-order valence-corrected chi connectivity index (χ2v) is 6.16. The Balaban J connectivity index is 1.94. The first-order valence-electron chi connectivity index (χ1n) is 7.77. The van der Waals surface area contributed by atoms with E-state index < -0.39 is 24.1 Å². The van der Waals surface area contributed by atoms with Crippen LogP contribution in [0.4, 0.5) is 4.39 Å². The molecule has 0 aliphatic carbocycles. The molecule has 2 N–H and O–H groups in total. The van der Waals surface area contributed by atoms with Crippen molar-refractivity contribution in [1.82, 2.24) is 9.47 Å². The summed E-state index contributed by atoms with van der Waals surface area (Å²) in [7, 11) is 0. The Hall–Kier alpha value is -2.90. The van der Waals surface area contributed by atoms with E-state index in [-0.39, 0.29) is 31.0 Å². The van der Waals surface area contributed by atoms with Crippen LogP contribution >= 0.6 is 0 Å². The van der Waals surface area contributed by atoms with Crippen LogP contribution in [0.5, 0.6) is 5.75 Å². The molecule has 0 bridgehead atoms. The van der Waals surface area contributed by atoms with Gasteiger partial charge in [0.2, 0.25) is 5.91 Å². The lowest BCUT2D eigenvalue weighted by molar-refractivity contribution is -0.148. The van der Waals surface area contributed by atoms with Gasteiger partial charge in [-0.15, -0.1) is 0 Å². The number of likely N-dealkylation sites (tertiary alicyclic amines) is 1. The molecule has 2 heterocycles. The lowest BCUT2D eigenvalue weighted by Crippen LogP contribution is -2.42. The quantitative estimate of drug-likeness (QED) is 0.817. The summed E-state index contributed by atoms with van der Waals surface area (Å²) in [6.45, 7) is 0.903. The number of carbonyl (C=O) groups excluding carboxylic acids is 2. The van der Waals surface area contributed by atoms with E-state index in [9.17, 15) is 23.9 Å². The van der Waals surface area contributed by atoms with Crippen LogP contribution in [0.2, 0.25) is 0 Å². The normalized spacial score (nSPS) is 20.2. The van der Waals surface area contributed by atoms with Crippen LogP contribution in [0.3, 0.4) is 0 Å². The van der Waals surface area contributed by atoms with Crippen LogP contribution in [0.1, 0.15) is 23.7 Å². The highest BCUT2D eigenvalue weighted by atomic mass is 19.1. The van der Waals surface area contributed by atoms with Gasteiger partial charge in [0.05, 0.1) is 6.54 Å². The molecule has 2 aromatic rings. The number of rotatable bonds is 4. The molecule has 1 aromatic carbocycles. The number of aliphatic carboxylic acids is 1. The minimum absolute atomic E-state index is 0.00942. The van der Waals surface area contributed by atoms with E-state index in [0.717, 1.165) is 4.90 Å². The molecule has 0 saturated carbocycles. The smallest absolute Gasteiger partial charge is 0.326 e. The van der Waals surface area contributed by atoms with Gasteiger partial charge in [-0.25, -0.2) is 9.18 Å². The van der Waals surface area contributed by atoms with Gasteiger partial charge in [0.25, 0.3) is 0 Å². The van der Waals surface area contributed by atoms with Crippen molar-refractivity contribution >= 4 is 28.6 Å². The molecule has 1 aromatic heterocycles. The van der Waals surface area contributed by atoms with Gasteiger partial charge in [-0.05, 0) is 25.1 Å². The number of carbonyl (C=O) groups is 3. The number of phenols is 1. The third kappa shape index (κ3) is 3.07. The summed E-state index contributed by atoms with van der Waals surface area (Å²) in [5.41, 5.74) is 0.900. The van der Waals surface area contributed by atoms with E-state index in [0.29, 0.717) is 16.5 Å². The minimum atomic E-state index is -1.36. The molecule has 0 radical (unpaired) electrons. The van der Waals surface area contributed by atoms with Gasteiger partial charge in [0.1, 0.15) is 24.5 Å². The Bertz CT molecular complexity index is 875. The summed E-state index contributed by atoms with van der Waals surface area (Å²) in [6, 6.07) is 3.25. The topological polar surface area (TPSA) is 99.8 Å². The van der Waals surface area contributed by atoms with Gasteiger partial charge < -0.3 is 19.7 Å². The first kappa shape index (κ1) is 16.9. The Morgan fingerprint density at radius 2 is 2.04 bits per heavy atom. The number of alkyl halides is 1. The molecular formula is C17H17FN2O5. The predicted molar refractivity (Wildman–Crippen MR) is 86.3 cm³/mol. The second kappa shape index (κ2) is 6.19. The number of nitrogens with zero attached hydrogens (tertiary/aromatic N) is 2. The van der Waals surface area contributed by atoms with Crippen molar-refractivity contribution in [2.45, 2.75) is 32.1 Å². The fraction of sp³-hybridized carbons (Fsp3) is 0.353. The zero-order valence-corrected chi connectivity index (χ0v) is 13.5. The number of benzene rings is 1. The number of carboxylic acid groups (broad SMARTS) is 1. The summed E-state index contributed by atoms with van der Waals surface area (Å²) < 4.78 is 15.1. The molecule has 2 atom stereocenters. The van der Waals surface area contributed by atoms with Gasteiger partial charge in [-0.1, -0.05) is 0 Å². The van der Waals surface area contributed by atoms with E-state index in [2.05, 4.69) is 0 Å². The van der Waals surface area contributed by atoms with Crippen molar-refractivity contribution in [3.63, 3.8) is 0 Å². The Morgan fingerprint density at radius 1 is 1.32 bits per heavy atom. The monoisotopic (exact) mass is 348 g/mol. The third-order valence-electron chi connectivity index (χ3n) is 4.41. The summed E-state index contributed by atoms with van der Waals surface area (Å²) in [5, 5.41) is 19.3. The van der Waals surface area contributed by atoms with Crippen molar-refractivity contribution in [2.75, 3.05) is 6.54 Å². The van der Waals surface area contributed by atoms with Gasteiger partial charge in [0.15, 0.2) is 5.78 Å². The van der Waals surface area contributed by atoms with Crippen LogP contribution in [0, 0.1) is 0 Å². The SMILES string of the molecule is CC(=O)c1cn(CC(=O)N2C[C@H](F)C[C@H]2C(=O)O)c2ccc(O)cc12. The van der Waals surface area contributed by atoms with Crippen LogP contribution < -0.4 is 0 Å². The zero-order chi connectivity index (χ0) is 18.3. The Kier molecular flexibility index (Phi) is 4.20. The maximum absolute atomic E-state index is 13.6. The number of aromatic hydroxyl groups is 1. The lowest BCUT2D eigenvalue weighted by atomic mass is 10.1. The Morgan fingerprint density at radius 3 is 2.68 bits per heavy atom. The highest BCUT2D eigenvalue weighted by Crippen LogP contribution is 2.27. The number of Topliss-reactive ketones (excluding diaryl/α,β-unsaturated/α-hetero) is 1. The number of aromatic nitrogens is 1. The summed E-state index contributed by atoms with van der Waals surface area (Å²) >= 11 is 0. The van der Waals surface area contributed by atoms with Crippen molar-refractivity contribution in [3.05, 3.63) is 30.0 Å². The number of hydrogen-bond acceptors (Lipinski definition) is 4. The summed E-state index contributed by atoms with van der Waals surface area (Å²) in [6.07, 6.45) is -0.0976. The molecule has 8 heteroatoms. The molecular weight excluding hydrogens is 331 g/mol. The number of fused-ring (bicyclic) bond motifs is 1. The second-order valence-electron chi connectivity index (χ2n) is 6.16. The average molecular weight is 348 g/mol. The van der Waals surface area contributed by atoms with E-state index in [1.165, 1.54) is 29.8 Å². The highest BCUT2D eigenvalue weighted by molar-refractivity contribution is 6.07. The number of carboxylic acids is 1. The fourth-order valence-electron chi connectivity index (χ4n) is 3.23. The van der Waals surface area contributed by atoms with E-state index >= 15 is 0 Å². The molecule has 7 nitrogen and oxygen atoms in total. The lowest BCUT2D eigenvalue weighted by Gasteiger charge is -2.21. The Labute approximate surface area is 142 Å². The molecule has 1 fully saturated rings. The molecule has 1 aliphatic heterocycles. The van der Waals surface area contributed by atoms with Gasteiger partial charge in [-0.3, -0.25) is 9.59 Å². The number of amides is 1. The minimum Gasteiger partial charge on any atom is -0.508 e. The molecule has 132 valence electrons. The third-order valence-corrected chi connectivity index (χ3v) is 4.41. The molecule has 1 amide bonds.